The molecule has 3 heterocycles. The summed E-state index contributed by atoms with van der Waals surface area (Å²) in [5.41, 5.74) is 1.52. The molecule has 2 aromatic rings. The van der Waals surface area contributed by atoms with Crippen LogP contribution in [0.3, 0.4) is 0 Å². The van der Waals surface area contributed by atoms with Gasteiger partial charge in [0.05, 0.1) is 22.0 Å². The van der Waals surface area contributed by atoms with Gasteiger partial charge >= 0.3 is 0 Å². The number of rotatable bonds is 9. The van der Waals surface area contributed by atoms with Gasteiger partial charge in [0, 0.05) is 38.0 Å². The molecule has 1 atom stereocenters. The fraction of sp³-hybridized carbons (Fsp3) is 0.536. The van der Waals surface area contributed by atoms with Crippen molar-refractivity contribution >= 4 is 46.5 Å². The van der Waals surface area contributed by atoms with Gasteiger partial charge in [-0.2, -0.15) is 0 Å². The average molecular weight is 600 g/mol. The molecule has 0 bridgehead atoms. The molecule has 2 fully saturated rings. The van der Waals surface area contributed by atoms with Crippen molar-refractivity contribution in [2.75, 3.05) is 32.4 Å². The van der Waals surface area contributed by atoms with Crippen LogP contribution < -0.4 is 5.32 Å². The van der Waals surface area contributed by atoms with Gasteiger partial charge in [-0.3, -0.25) is 14.6 Å². The van der Waals surface area contributed by atoms with Gasteiger partial charge in [0.15, 0.2) is 9.84 Å². The molecule has 2 aliphatic heterocycles. The number of nitrogens with one attached hydrogen (secondary N) is 1. The number of likely N-dealkylation sites (tertiary alicyclic amines) is 2. The van der Waals surface area contributed by atoms with Crippen molar-refractivity contribution in [3.63, 3.8) is 0 Å². The van der Waals surface area contributed by atoms with E-state index in [1.165, 1.54) is 6.26 Å². The van der Waals surface area contributed by atoms with Crippen molar-refractivity contribution in [1.82, 2.24) is 20.1 Å². The largest absolute Gasteiger partial charge is 0.347 e. The number of hydrogen-bond donors (Lipinski definition) is 1. The van der Waals surface area contributed by atoms with E-state index in [1.54, 1.807) is 30.5 Å². The van der Waals surface area contributed by atoms with Crippen LogP contribution in [0.4, 0.5) is 0 Å². The monoisotopic (exact) mass is 598 g/mol. The Morgan fingerprint density at radius 3 is 2.23 bits per heavy atom. The second-order valence-electron chi connectivity index (χ2n) is 10.8. The van der Waals surface area contributed by atoms with E-state index < -0.39 is 9.84 Å². The zero-order valence-corrected chi connectivity index (χ0v) is 25.3. The predicted molar refractivity (Wildman–Crippen MR) is 157 cm³/mol. The molecule has 0 radical (unpaired) electrons. The summed E-state index contributed by atoms with van der Waals surface area (Å²) in [6.07, 6.45) is 6.26. The summed E-state index contributed by atoms with van der Waals surface area (Å²) in [5.74, 6) is 0.153. The van der Waals surface area contributed by atoms with Crippen LogP contribution in [0.1, 0.15) is 56.8 Å². The number of aromatic nitrogens is 1. The Kier molecular flexibility index (Phi) is 11.8. The fourth-order valence-electron chi connectivity index (χ4n) is 5.30. The molecule has 11 heteroatoms. The summed E-state index contributed by atoms with van der Waals surface area (Å²) in [7, 11) is -3.23. The number of sulfone groups is 1. The van der Waals surface area contributed by atoms with Gasteiger partial charge in [-0.1, -0.05) is 32.0 Å². The van der Waals surface area contributed by atoms with Gasteiger partial charge in [0.1, 0.15) is 0 Å². The van der Waals surface area contributed by atoms with Crippen LogP contribution in [0, 0.1) is 11.3 Å². The summed E-state index contributed by atoms with van der Waals surface area (Å²) >= 11 is 0. The summed E-state index contributed by atoms with van der Waals surface area (Å²) in [6.45, 7) is 7.57. The highest BCUT2D eigenvalue weighted by Crippen LogP contribution is 2.42. The Labute approximate surface area is 244 Å². The number of amides is 2. The fourth-order valence-corrected chi connectivity index (χ4v) is 5.93. The number of halogens is 2. The molecule has 4 rings (SSSR count). The van der Waals surface area contributed by atoms with E-state index in [2.05, 4.69) is 15.2 Å². The molecule has 2 saturated heterocycles. The lowest BCUT2D eigenvalue weighted by Crippen LogP contribution is -2.45. The normalized spacial score (nSPS) is 17.9. The van der Waals surface area contributed by atoms with E-state index in [0.717, 1.165) is 63.1 Å². The van der Waals surface area contributed by atoms with Crippen molar-refractivity contribution < 1.29 is 18.0 Å². The van der Waals surface area contributed by atoms with Crippen LogP contribution in [0.2, 0.25) is 0 Å². The van der Waals surface area contributed by atoms with Gasteiger partial charge in [0.2, 0.25) is 11.8 Å². The summed E-state index contributed by atoms with van der Waals surface area (Å²) in [5, 5.41) is 3.15. The van der Waals surface area contributed by atoms with E-state index in [4.69, 9.17) is 0 Å². The van der Waals surface area contributed by atoms with Gasteiger partial charge in [-0.15, -0.1) is 24.8 Å². The first-order chi connectivity index (χ1) is 17.6. The number of carbonyl (C=O) groups is 2. The quantitative estimate of drug-likeness (QED) is 0.467. The highest BCUT2D eigenvalue weighted by molar-refractivity contribution is 7.90. The SMILES string of the molecule is CC(C)C(=O)NC(CCN1CCC2(CC1)CCN(Cc1ccc(S(C)(=O)=O)cc1)C2=O)c1ccccn1.Cl.Cl. The standard InChI is InChI=1S/C28H38N4O4S.2ClH/c1-21(2)26(33)30-25(24-6-4-5-15-29-24)11-16-31-17-12-28(13-18-31)14-19-32(27(28)34)20-22-7-9-23(10-8-22)37(3,35)36;;/h4-10,15,21,25H,11-14,16-20H2,1-3H3,(H,30,33);2*1H. The first-order valence-electron chi connectivity index (χ1n) is 13.1. The molecule has 1 aromatic heterocycles. The molecule has 216 valence electrons. The average Bonchev–Trinajstić information content (AvgIpc) is 3.17. The van der Waals surface area contributed by atoms with Crippen LogP contribution in [0.25, 0.3) is 0 Å². The maximum Gasteiger partial charge on any atom is 0.229 e. The molecular formula is C28H40Cl2N4O4S. The van der Waals surface area contributed by atoms with Crippen molar-refractivity contribution in [2.24, 2.45) is 11.3 Å². The summed E-state index contributed by atoms with van der Waals surface area (Å²) < 4.78 is 23.4. The highest BCUT2D eigenvalue weighted by atomic mass is 35.5. The smallest absolute Gasteiger partial charge is 0.229 e. The minimum atomic E-state index is -3.23. The molecule has 2 aliphatic rings. The van der Waals surface area contributed by atoms with E-state index in [0.29, 0.717) is 11.4 Å². The lowest BCUT2D eigenvalue weighted by Gasteiger charge is -2.38. The van der Waals surface area contributed by atoms with Crippen LogP contribution >= 0.6 is 24.8 Å². The Morgan fingerprint density at radius 2 is 1.67 bits per heavy atom. The first kappa shape index (κ1) is 33.0. The Bertz CT molecular complexity index is 1200. The predicted octanol–water partition coefficient (Wildman–Crippen LogP) is 4.05. The molecule has 1 unspecified atom stereocenters. The summed E-state index contributed by atoms with van der Waals surface area (Å²) in [4.78, 5) is 34.9. The molecule has 0 saturated carbocycles. The van der Waals surface area contributed by atoms with Crippen molar-refractivity contribution in [3.8, 4) is 0 Å². The minimum Gasteiger partial charge on any atom is -0.347 e. The minimum absolute atomic E-state index is 0. The molecule has 1 spiro atoms. The third-order valence-corrected chi connectivity index (χ3v) is 8.89. The third-order valence-electron chi connectivity index (χ3n) is 7.76. The molecule has 1 N–H and O–H groups in total. The van der Waals surface area contributed by atoms with Crippen molar-refractivity contribution in [1.29, 1.82) is 0 Å². The van der Waals surface area contributed by atoms with E-state index in [9.17, 15) is 18.0 Å². The third kappa shape index (κ3) is 8.16. The number of hydrogen-bond acceptors (Lipinski definition) is 6. The molecule has 1 aromatic carbocycles. The van der Waals surface area contributed by atoms with Gasteiger partial charge < -0.3 is 15.1 Å². The second kappa shape index (κ2) is 13.9. The second-order valence-corrected chi connectivity index (χ2v) is 12.8. The topological polar surface area (TPSA) is 99.7 Å². The van der Waals surface area contributed by atoms with Crippen LogP contribution in [0.15, 0.2) is 53.6 Å². The van der Waals surface area contributed by atoms with Gasteiger partial charge in [0.25, 0.3) is 0 Å². The molecule has 8 nitrogen and oxygen atoms in total. The van der Waals surface area contributed by atoms with Crippen LogP contribution in [-0.4, -0.2) is 67.5 Å². The molecule has 0 aliphatic carbocycles. The molecule has 39 heavy (non-hydrogen) atoms. The Balaban J connectivity index is 0.00000267. The van der Waals surface area contributed by atoms with Crippen molar-refractivity contribution in [2.45, 2.75) is 57.0 Å². The number of nitrogens with zero attached hydrogens (tertiary/aromatic N) is 3. The van der Waals surface area contributed by atoms with E-state index in [-0.39, 0.29) is 54.0 Å². The van der Waals surface area contributed by atoms with Gasteiger partial charge in [-0.05, 0) is 68.6 Å². The molecule has 2 amide bonds. The Hall–Kier alpha value is -2.20. The highest BCUT2D eigenvalue weighted by Gasteiger charge is 2.47. The van der Waals surface area contributed by atoms with Crippen LogP contribution in [-0.2, 0) is 26.0 Å². The number of benzene rings is 1. The lowest BCUT2D eigenvalue weighted by molar-refractivity contribution is -0.139. The maximum absolute atomic E-state index is 13.4. The first-order valence-corrected chi connectivity index (χ1v) is 15.0. The number of carbonyl (C=O) groups excluding carboxylic acids is 2. The van der Waals surface area contributed by atoms with E-state index >= 15 is 0 Å². The zero-order valence-electron chi connectivity index (χ0n) is 22.8. The Morgan fingerprint density at radius 1 is 1.03 bits per heavy atom. The lowest BCUT2D eigenvalue weighted by atomic mass is 9.77. The van der Waals surface area contributed by atoms with Crippen molar-refractivity contribution in [3.05, 3.63) is 59.9 Å². The van der Waals surface area contributed by atoms with E-state index in [1.807, 2.05) is 36.9 Å². The maximum atomic E-state index is 13.4. The van der Waals surface area contributed by atoms with Gasteiger partial charge in [-0.25, -0.2) is 8.42 Å². The number of piperidine rings is 1. The van der Waals surface area contributed by atoms with Crippen LogP contribution in [0.5, 0.6) is 0 Å². The zero-order chi connectivity index (χ0) is 26.6. The summed E-state index contributed by atoms with van der Waals surface area (Å²) in [6, 6.07) is 12.5. The molecular weight excluding hydrogens is 559 g/mol. The number of pyridine rings is 1.